The van der Waals surface area contributed by atoms with Gasteiger partial charge in [-0.15, -0.1) is 0 Å². The van der Waals surface area contributed by atoms with Gasteiger partial charge < -0.3 is 19.8 Å². The van der Waals surface area contributed by atoms with E-state index in [1.165, 1.54) is 70.6 Å². The molecule has 72 heavy (non-hydrogen) atoms. The topological polar surface area (TPSA) is 105 Å². The van der Waals surface area contributed by atoms with Crippen LogP contribution < -0.4 is 5.32 Å². The summed E-state index contributed by atoms with van der Waals surface area (Å²) in [4.78, 5) is 23.2. The Hall–Kier alpha value is -3.36. The number of phosphoric ester groups is 1. The van der Waals surface area contributed by atoms with E-state index in [-0.39, 0.29) is 19.1 Å². The first-order valence-electron chi connectivity index (χ1n) is 28.6. The summed E-state index contributed by atoms with van der Waals surface area (Å²) in [5, 5.41) is 13.8. The van der Waals surface area contributed by atoms with Gasteiger partial charge in [-0.25, -0.2) is 4.57 Å². The van der Waals surface area contributed by atoms with Crippen LogP contribution >= 0.6 is 7.82 Å². The van der Waals surface area contributed by atoms with Crippen LogP contribution in [0.25, 0.3) is 0 Å². The molecule has 8 nitrogen and oxygen atoms in total. The number of unbranched alkanes of at least 4 members (excludes halogenated alkanes) is 17. The molecule has 0 aliphatic rings. The number of quaternary nitrogens is 1. The third-order valence-corrected chi connectivity index (χ3v) is 12.9. The third-order valence-electron chi connectivity index (χ3n) is 11.9. The molecule has 0 aromatic rings. The second kappa shape index (κ2) is 52.5. The molecule has 0 aliphatic carbocycles. The van der Waals surface area contributed by atoms with Crippen molar-refractivity contribution in [1.29, 1.82) is 0 Å². The number of rotatable bonds is 50. The van der Waals surface area contributed by atoms with Gasteiger partial charge >= 0.3 is 7.82 Å². The highest BCUT2D eigenvalue weighted by Crippen LogP contribution is 2.43. The molecule has 3 N–H and O–H groups in total. The molecule has 0 saturated carbocycles. The van der Waals surface area contributed by atoms with Crippen molar-refractivity contribution in [2.45, 2.75) is 219 Å². The van der Waals surface area contributed by atoms with Crippen molar-refractivity contribution in [2.75, 3.05) is 40.9 Å². The highest BCUT2D eigenvalue weighted by molar-refractivity contribution is 7.47. The average Bonchev–Trinajstić information content (AvgIpc) is 3.34. The number of carbonyl (C=O) groups is 1. The fourth-order valence-corrected chi connectivity index (χ4v) is 8.16. The number of hydrogen-bond donors (Lipinski definition) is 3. The Morgan fingerprint density at radius 1 is 0.486 bits per heavy atom. The second-order valence-corrected chi connectivity index (χ2v) is 21.4. The maximum atomic E-state index is 12.9. The van der Waals surface area contributed by atoms with E-state index in [1.54, 1.807) is 6.08 Å². The fraction of sp³-hybridized carbons (Fsp3) is 0.635. The van der Waals surface area contributed by atoms with Gasteiger partial charge in [0.1, 0.15) is 13.2 Å². The minimum Gasteiger partial charge on any atom is -0.387 e. The molecular weight excluding hydrogens is 912 g/mol. The number of phosphoric acid groups is 1. The molecule has 410 valence electrons. The first-order valence-corrected chi connectivity index (χ1v) is 30.1. The number of nitrogens with one attached hydrogen (secondary N) is 1. The average molecular weight is 1020 g/mol. The molecule has 0 spiro atoms. The van der Waals surface area contributed by atoms with Crippen LogP contribution in [0, 0.1) is 0 Å². The summed E-state index contributed by atoms with van der Waals surface area (Å²) in [5.41, 5.74) is 0. The molecule has 1 amide bonds. The highest BCUT2D eigenvalue weighted by Gasteiger charge is 2.27. The zero-order valence-corrected chi connectivity index (χ0v) is 47.5. The minimum atomic E-state index is -4.35. The van der Waals surface area contributed by atoms with Gasteiger partial charge in [-0.2, -0.15) is 0 Å². The van der Waals surface area contributed by atoms with Crippen LogP contribution in [-0.2, 0) is 18.4 Å². The summed E-state index contributed by atoms with van der Waals surface area (Å²) in [7, 11) is 1.55. The number of hydrogen-bond acceptors (Lipinski definition) is 5. The summed E-state index contributed by atoms with van der Waals surface area (Å²) in [6.45, 7) is 4.66. The standard InChI is InChI=1S/C63H107N2O6P/c1-6-8-10-12-14-16-18-19-20-21-22-23-24-25-26-27-28-29-30-31-32-33-34-35-36-37-38-39-40-41-42-43-44-45-47-49-51-53-55-57-63(67)64-61(60-71-72(68,69)70-59-58-65(3,4)5)62(66)56-54-52-50-48-46-17-15-13-11-9-7-2/h8,10,14,16,19-20,22-23,25-26,28-29,31-32,34-35,37-38,40-41,54,56,61-62,66H,6-7,9,11-13,15,17-18,21,24,27,30,33,36,39,42-53,55,57-60H2,1-5H3,(H-,64,67,68,69)/p+1/b10-8-,16-14-,20-19-,23-22-,26-25-,29-28-,32-31-,35-34-,38-37-,41-40-,56-54+. The molecule has 0 fully saturated rings. The zero-order chi connectivity index (χ0) is 52.7. The first-order chi connectivity index (χ1) is 35.0. The van der Waals surface area contributed by atoms with Crippen molar-refractivity contribution in [1.82, 2.24) is 5.32 Å². The number of nitrogens with zero attached hydrogens (tertiary/aromatic N) is 1. The Labute approximate surface area is 443 Å². The summed E-state index contributed by atoms with van der Waals surface area (Å²) in [6.07, 6.45) is 79.8. The van der Waals surface area contributed by atoms with Crippen LogP contribution in [0.1, 0.15) is 206 Å². The van der Waals surface area contributed by atoms with Gasteiger partial charge in [-0.1, -0.05) is 237 Å². The summed E-state index contributed by atoms with van der Waals surface area (Å²) < 4.78 is 23.6. The van der Waals surface area contributed by atoms with Gasteiger partial charge in [0.15, 0.2) is 0 Å². The summed E-state index contributed by atoms with van der Waals surface area (Å²) in [6, 6.07) is -0.859. The van der Waals surface area contributed by atoms with Crippen molar-refractivity contribution < 1.29 is 32.9 Å². The van der Waals surface area contributed by atoms with Crippen LogP contribution in [0.5, 0.6) is 0 Å². The Balaban J connectivity index is 4.11. The molecule has 0 saturated heterocycles. The van der Waals surface area contributed by atoms with Gasteiger partial charge in [0.25, 0.3) is 0 Å². The molecule has 0 heterocycles. The van der Waals surface area contributed by atoms with E-state index in [2.05, 4.69) is 141 Å². The van der Waals surface area contributed by atoms with E-state index in [0.29, 0.717) is 17.4 Å². The lowest BCUT2D eigenvalue weighted by atomic mass is 10.1. The number of allylic oxidation sites excluding steroid dienone is 21. The normalized spacial score (nSPS) is 14.9. The van der Waals surface area contributed by atoms with E-state index in [4.69, 9.17) is 9.05 Å². The van der Waals surface area contributed by atoms with Crippen molar-refractivity contribution in [2.24, 2.45) is 0 Å². The van der Waals surface area contributed by atoms with Gasteiger partial charge in [-0.05, 0) is 96.3 Å². The Kier molecular flexibility index (Phi) is 50.1. The molecule has 3 atom stereocenters. The lowest BCUT2D eigenvalue weighted by Crippen LogP contribution is -2.45. The number of amides is 1. The largest absolute Gasteiger partial charge is 0.472 e. The van der Waals surface area contributed by atoms with E-state index in [1.807, 2.05) is 27.2 Å². The van der Waals surface area contributed by atoms with Crippen LogP contribution in [0.4, 0.5) is 0 Å². The van der Waals surface area contributed by atoms with E-state index in [0.717, 1.165) is 116 Å². The molecule has 0 aromatic carbocycles. The van der Waals surface area contributed by atoms with Gasteiger partial charge in [0.2, 0.25) is 5.91 Å². The highest BCUT2D eigenvalue weighted by atomic mass is 31.2. The van der Waals surface area contributed by atoms with Gasteiger partial charge in [0, 0.05) is 6.42 Å². The maximum absolute atomic E-state index is 12.9. The van der Waals surface area contributed by atoms with Crippen molar-refractivity contribution in [3.63, 3.8) is 0 Å². The van der Waals surface area contributed by atoms with Crippen LogP contribution in [0.2, 0.25) is 0 Å². The van der Waals surface area contributed by atoms with Crippen molar-refractivity contribution in [3.8, 4) is 0 Å². The molecule has 0 rings (SSSR count). The van der Waals surface area contributed by atoms with Crippen LogP contribution in [0.15, 0.2) is 134 Å². The maximum Gasteiger partial charge on any atom is 0.472 e. The predicted molar refractivity (Wildman–Crippen MR) is 313 cm³/mol. The number of likely N-dealkylation sites (N-methyl/N-ethyl adjacent to an activating group) is 1. The zero-order valence-electron chi connectivity index (χ0n) is 46.6. The van der Waals surface area contributed by atoms with Crippen LogP contribution in [-0.4, -0.2) is 73.4 Å². The van der Waals surface area contributed by atoms with Gasteiger partial charge in [0.05, 0.1) is 39.9 Å². The molecule has 0 radical (unpaired) electrons. The number of carbonyl (C=O) groups excluding carboxylic acids is 1. The van der Waals surface area contributed by atoms with Gasteiger partial charge in [-0.3, -0.25) is 13.8 Å². The lowest BCUT2D eigenvalue weighted by Gasteiger charge is -2.25. The van der Waals surface area contributed by atoms with Crippen LogP contribution in [0.3, 0.4) is 0 Å². The third kappa shape index (κ3) is 54.4. The number of aliphatic hydroxyl groups excluding tert-OH is 1. The molecule has 9 heteroatoms. The van der Waals surface area contributed by atoms with E-state index in [9.17, 15) is 19.4 Å². The Morgan fingerprint density at radius 3 is 1.22 bits per heavy atom. The fourth-order valence-electron chi connectivity index (χ4n) is 7.42. The smallest absolute Gasteiger partial charge is 0.387 e. The van der Waals surface area contributed by atoms with Crippen molar-refractivity contribution >= 4 is 13.7 Å². The van der Waals surface area contributed by atoms with E-state index >= 15 is 0 Å². The summed E-state index contributed by atoms with van der Waals surface area (Å²) >= 11 is 0. The quantitative estimate of drug-likeness (QED) is 0.0243. The monoisotopic (exact) mass is 1020 g/mol. The second-order valence-electron chi connectivity index (χ2n) is 19.9. The molecule has 0 aliphatic heterocycles. The SMILES string of the molecule is CC/C=C\C/C=C\C/C=C\C/C=C\C/C=C\C/C=C\C/C=C\C/C=C\C/C=C\C/C=C\CCCCCCCCCCC(=O)NC(COP(=O)(O)OCC[N+](C)(C)C)C(O)/C=C/CCCCCCCCCCC. The summed E-state index contributed by atoms with van der Waals surface area (Å²) in [5.74, 6) is -0.193. The molecular formula is C63H108N2O6P+. The molecule has 0 bridgehead atoms. The van der Waals surface area contributed by atoms with Crippen molar-refractivity contribution in [3.05, 3.63) is 134 Å². The predicted octanol–water partition coefficient (Wildman–Crippen LogP) is 17.5. The number of aliphatic hydroxyl groups is 1. The molecule has 3 unspecified atom stereocenters. The Morgan fingerprint density at radius 2 is 0.833 bits per heavy atom. The first kappa shape index (κ1) is 68.6. The lowest BCUT2D eigenvalue weighted by molar-refractivity contribution is -0.870. The Bertz CT molecular complexity index is 1630. The van der Waals surface area contributed by atoms with E-state index < -0.39 is 20.0 Å². The minimum absolute atomic E-state index is 0.0532. The molecule has 0 aromatic heterocycles.